The summed E-state index contributed by atoms with van der Waals surface area (Å²) in [5, 5.41) is 3.33. The Balaban J connectivity index is 2.19. The zero-order valence-corrected chi connectivity index (χ0v) is 22.3. The molecule has 2 rings (SSSR count). The number of carbonyl (C=O) groups is 2. The molecule has 0 radical (unpaired) electrons. The van der Waals surface area contributed by atoms with Gasteiger partial charge in [0.25, 0.3) is 0 Å². The van der Waals surface area contributed by atoms with E-state index < -0.39 is 27.4 Å². The van der Waals surface area contributed by atoms with Crippen LogP contribution in [0.25, 0.3) is 0 Å². The van der Waals surface area contributed by atoms with E-state index in [0.29, 0.717) is 10.7 Å². The quantitative estimate of drug-likeness (QED) is 0.499. The average Bonchev–Trinajstić information content (AvgIpc) is 2.74. The van der Waals surface area contributed by atoms with E-state index in [2.05, 4.69) is 5.32 Å². The molecule has 35 heavy (non-hydrogen) atoms. The summed E-state index contributed by atoms with van der Waals surface area (Å²) in [6, 6.07) is 11.6. The van der Waals surface area contributed by atoms with Crippen LogP contribution in [-0.2, 0) is 26.2 Å². The second kappa shape index (κ2) is 11.9. The highest BCUT2D eigenvalue weighted by Crippen LogP contribution is 2.22. The van der Waals surface area contributed by atoms with Gasteiger partial charge in [-0.2, -0.15) is 0 Å². The highest BCUT2D eigenvalue weighted by molar-refractivity contribution is 7.92. The van der Waals surface area contributed by atoms with Crippen LogP contribution in [-0.4, -0.2) is 49.5 Å². The molecule has 0 saturated carbocycles. The summed E-state index contributed by atoms with van der Waals surface area (Å²) in [4.78, 5) is 27.4. The van der Waals surface area contributed by atoms with Crippen molar-refractivity contribution >= 4 is 39.1 Å². The maximum absolute atomic E-state index is 14.3. The van der Waals surface area contributed by atoms with Gasteiger partial charge in [0.15, 0.2) is 0 Å². The van der Waals surface area contributed by atoms with Crippen LogP contribution >= 0.6 is 11.6 Å². The number of halogens is 2. The molecule has 0 heterocycles. The van der Waals surface area contributed by atoms with Gasteiger partial charge in [-0.1, -0.05) is 29.8 Å². The SMILES string of the molecule is CC(C(=O)NC(C)(C)C)N(Cc1ccccc1F)C(=O)CCCN(c1ccc(Cl)cc1)S(C)(=O)=O. The number of benzene rings is 2. The Hall–Kier alpha value is -2.65. The van der Waals surface area contributed by atoms with Gasteiger partial charge in [-0.3, -0.25) is 13.9 Å². The van der Waals surface area contributed by atoms with Crippen molar-refractivity contribution < 1.29 is 22.4 Å². The molecule has 1 unspecified atom stereocenters. The van der Waals surface area contributed by atoms with E-state index in [1.54, 1.807) is 49.4 Å². The lowest BCUT2D eigenvalue weighted by molar-refractivity contribution is -0.141. The first-order valence-electron chi connectivity index (χ1n) is 11.3. The van der Waals surface area contributed by atoms with Crippen molar-refractivity contribution in [3.63, 3.8) is 0 Å². The average molecular weight is 526 g/mol. The van der Waals surface area contributed by atoms with Crippen LogP contribution in [0, 0.1) is 5.82 Å². The summed E-state index contributed by atoms with van der Waals surface area (Å²) >= 11 is 5.91. The molecule has 2 amide bonds. The Kier molecular flexibility index (Phi) is 9.68. The van der Waals surface area contributed by atoms with Crippen molar-refractivity contribution in [1.82, 2.24) is 10.2 Å². The maximum Gasteiger partial charge on any atom is 0.242 e. The molecule has 192 valence electrons. The van der Waals surface area contributed by atoms with Gasteiger partial charge < -0.3 is 10.2 Å². The molecule has 7 nitrogen and oxygen atoms in total. The lowest BCUT2D eigenvalue weighted by atomic mass is 10.1. The molecule has 0 bridgehead atoms. The standard InChI is InChI=1S/C25H33ClFN3O4S/c1-18(24(32)28-25(2,3)4)29(17-19-9-6-7-10-22(19)27)23(31)11-8-16-30(35(5,33)34)21-14-12-20(26)13-15-21/h6-7,9-10,12-15,18H,8,11,16-17H2,1-5H3,(H,28,32). The van der Waals surface area contributed by atoms with Crippen LogP contribution in [0.15, 0.2) is 48.5 Å². The van der Waals surface area contributed by atoms with Crippen molar-refractivity contribution in [2.24, 2.45) is 0 Å². The number of hydrogen-bond donors (Lipinski definition) is 1. The van der Waals surface area contributed by atoms with Crippen molar-refractivity contribution in [1.29, 1.82) is 0 Å². The molecule has 0 aliphatic carbocycles. The first-order valence-corrected chi connectivity index (χ1v) is 13.5. The molecule has 0 aliphatic rings. The van der Waals surface area contributed by atoms with E-state index in [4.69, 9.17) is 11.6 Å². The maximum atomic E-state index is 14.3. The van der Waals surface area contributed by atoms with Crippen molar-refractivity contribution in [2.75, 3.05) is 17.1 Å². The van der Waals surface area contributed by atoms with E-state index in [9.17, 15) is 22.4 Å². The lowest BCUT2D eigenvalue weighted by Crippen LogP contribution is -2.52. The van der Waals surface area contributed by atoms with Crippen LogP contribution in [0.1, 0.15) is 46.1 Å². The number of carbonyl (C=O) groups excluding carboxylic acids is 2. The third-order valence-corrected chi connectivity index (χ3v) is 6.68. The van der Waals surface area contributed by atoms with E-state index in [1.807, 2.05) is 20.8 Å². The molecular formula is C25H33ClFN3O4S. The normalized spacial score (nSPS) is 12.7. The summed E-state index contributed by atoms with van der Waals surface area (Å²) in [5.41, 5.74) is 0.216. The van der Waals surface area contributed by atoms with E-state index in [-0.39, 0.29) is 43.3 Å². The Morgan fingerprint density at radius 2 is 1.69 bits per heavy atom. The summed E-state index contributed by atoms with van der Waals surface area (Å²) in [6.07, 6.45) is 1.27. The van der Waals surface area contributed by atoms with Gasteiger partial charge in [0.05, 0.1) is 11.9 Å². The van der Waals surface area contributed by atoms with E-state index >= 15 is 0 Å². The van der Waals surface area contributed by atoms with Gasteiger partial charge in [0.2, 0.25) is 21.8 Å². The molecule has 0 spiro atoms. The molecule has 0 saturated heterocycles. The second-order valence-electron chi connectivity index (χ2n) is 9.44. The van der Waals surface area contributed by atoms with Crippen molar-refractivity contribution in [3.8, 4) is 0 Å². The zero-order chi connectivity index (χ0) is 26.4. The minimum Gasteiger partial charge on any atom is -0.350 e. The van der Waals surface area contributed by atoms with E-state index in [0.717, 1.165) is 6.26 Å². The van der Waals surface area contributed by atoms with Gasteiger partial charge in [-0.25, -0.2) is 12.8 Å². The van der Waals surface area contributed by atoms with Gasteiger partial charge in [-0.05, 0) is 64.4 Å². The third-order valence-electron chi connectivity index (χ3n) is 5.23. The summed E-state index contributed by atoms with van der Waals surface area (Å²) in [5.74, 6) is -1.21. The number of hydrogen-bond acceptors (Lipinski definition) is 4. The third kappa shape index (κ3) is 8.81. The predicted octanol–water partition coefficient (Wildman–Crippen LogP) is 4.36. The number of anilines is 1. The topological polar surface area (TPSA) is 86.8 Å². The highest BCUT2D eigenvalue weighted by Gasteiger charge is 2.29. The Morgan fingerprint density at radius 1 is 1.09 bits per heavy atom. The first kappa shape index (κ1) is 28.6. The summed E-state index contributed by atoms with van der Waals surface area (Å²) < 4.78 is 40.2. The molecule has 0 fully saturated rings. The minimum absolute atomic E-state index is 0.0266. The molecule has 0 aromatic heterocycles. The smallest absolute Gasteiger partial charge is 0.242 e. The summed E-state index contributed by atoms with van der Waals surface area (Å²) in [7, 11) is -3.60. The van der Waals surface area contributed by atoms with Gasteiger partial charge in [0, 0.05) is 35.6 Å². The Bertz CT molecular complexity index is 1130. The molecular weight excluding hydrogens is 493 g/mol. The fourth-order valence-electron chi connectivity index (χ4n) is 3.48. The largest absolute Gasteiger partial charge is 0.350 e. The number of nitrogens with zero attached hydrogens (tertiary/aromatic N) is 2. The minimum atomic E-state index is -3.60. The highest BCUT2D eigenvalue weighted by atomic mass is 35.5. The second-order valence-corrected chi connectivity index (χ2v) is 11.8. The lowest BCUT2D eigenvalue weighted by Gasteiger charge is -2.32. The fourth-order valence-corrected chi connectivity index (χ4v) is 4.57. The predicted molar refractivity (Wildman–Crippen MR) is 137 cm³/mol. The van der Waals surface area contributed by atoms with E-state index in [1.165, 1.54) is 15.3 Å². The zero-order valence-electron chi connectivity index (χ0n) is 20.7. The monoisotopic (exact) mass is 525 g/mol. The van der Waals surface area contributed by atoms with Crippen molar-refractivity contribution in [2.45, 2.75) is 58.7 Å². The van der Waals surface area contributed by atoms with Crippen LogP contribution in [0.3, 0.4) is 0 Å². The number of sulfonamides is 1. The molecule has 10 heteroatoms. The van der Waals surface area contributed by atoms with Crippen LogP contribution in [0.5, 0.6) is 0 Å². The molecule has 2 aromatic rings. The van der Waals surface area contributed by atoms with Crippen LogP contribution in [0.2, 0.25) is 5.02 Å². The van der Waals surface area contributed by atoms with Crippen LogP contribution in [0.4, 0.5) is 10.1 Å². The van der Waals surface area contributed by atoms with Gasteiger partial charge >= 0.3 is 0 Å². The molecule has 1 N–H and O–H groups in total. The number of nitrogens with one attached hydrogen (secondary N) is 1. The molecule has 0 aliphatic heterocycles. The van der Waals surface area contributed by atoms with Crippen LogP contribution < -0.4 is 9.62 Å². The molecule has 2 aromatic carbocycles. The fraction of sp³-hybridized carbons (Fsp3) is 0.440. The number of rotatable bonds is 10. The van der Waals surface area contributed by atoms with Gasteiger partial charge in [-0.15, -0.1) is 0 Å². The van der Waals surface area contributed by atoms with Gasteiger partial charge in [0.1, 0.15) is 11.9 Å². The molecule has 1 atom stereocenters. The number of amides is 2. The Morgan fingerprint density at radius 3 is 2.23 bits per heavy atom. The summed E-state index contributed by atoms with van der Waals surface area (Å²) in [6.45, 7) is 7.06. The Labute approximate surface area is 212 Å². The first-order chi connectivity index (χ1) is 16.2. The van der Waals surface area contributed by atoms with Crippen molar-refractivity contribution in [3.05, 3.63) is 64.9 Å².